The maximum atomic E-state index is 12.3. The van der Waals surface area contributed by atoms with Crippen molar-refractivity contribution < 1.29 is 19.1 Å². The molecule has 0 saturated carbocycles. The first-order chi connectivity index (χ1) is 12.8. The summed E-state index contributed by atoms with van der Waals surface area (Å²) in [5.41, 5.74) is 2.17. The van der Waals surface area contributed by atoms with Crippen LogP contribution in [0.2, 0.25) is 0 Å². The SMILES string of the molecule is Cc1ccc([C@H](NC(=O)OC(C)(C)C)[C@H](C=O)OCc2ccccc2)cc1. The second-order valence-electron chi connectivity index (χ2n) is 7.43. The second kappa shape index (κ2) is 9.33. The molecule has 2 aromatic carbocycles. The molecular weight excluding hydrogens is 342 g/mol. The molecule has 5 nitrogen and oxygen atoms in total. The molecule has 0 spiro atoms. The number of ether oxygens (including phenoxy) is 2. The minimum absolute atomic E-state index is 0.266. The Morgan fingerprint density at radius 2 is 1.70 bits per heavy atom. The molecule has 0 saturated heterocycles. The molecule has 0 aliphatic heterocycles. The number of aryl methyl sites for hydroxylation is 1. The lowest BCUT2D eigenvalue weighted by molar-refractivity contribution is -0.120. The van der Waals surface area contributed by atoms with Crippen molar-refractivity contribution >= 4 is 12.4 Å². The van der Waals surface area contributed by atoms with Gasteiger partial charge in [-0.2, -0.15) is 0 Å². The Balaban J connectivity index is 2.19. The van der Waals surface area contributed by atoms with Crippen LogP contribution in [0.1, 0.15) is 43.5 Å². The average Bonchev–Trinajstić information content (AvgIpc) is 2.61. The van der Waals surface area contributed by atoms with Crippen LogP contribution in [0.3, 0.4) is 0 Å². The summed E-state index contributed by atoms with van der Waals surface area (Å²) in [6, 6.07) is 16.5. The highest BCUT2D eigenvalue weighted by atomic mass is 16.6. The van der Waals surface area contributed by atoms with Crippen molar-refractivity contribution in [3.63, 3.8) is 0 Å². The van der Waals surface area contributed by atoms with E-state index in [0.29, 0.717) is 6.29 Å². The fourth-order valence-corrected chi connectivity index (χ4v) is 2.54. The highest BCUT2D eigenvalue weighted by Gasteiger charge is 2.28. The zero-order valence-electron chi connectivity index (χ0n) is 16.3. The van der Waals surface area contributed by atoms with Gasteiger partial charge < -0.3 is 19.6 Å². The second-order valence-corrected chi connectivity index (χ2v) is 7.43. The van der Waals surface area contributed by atoms with Gasteiger partial charge in [-0.25, -0.2) is 4.79 Å². The molecule has 0 radical (unpaired) electrons. The van der Waals surface area contributed by atoms with Crippen LogP contribution in [0.15, 0.2) is 54.6 Å². The summed E-state index contributed by atoms with van der Waals surface area (Å²) in [6.07, 6.45) is -0.728. The van der Waals surface area contributed by atoms with E-state index < -0.39 is 23.8 Å². The van der Waals surface area contributed by atoms with Crippen molar-refractivity contribution in [1.29, 1.82) is 0 Å². The Morgan fingerprint density at radius 1 is 1.07 bits per heavy atom. The summed E-state index contributed by atoms with van der Waals surface area (Å²) in [6.45, 7) is 7.61. The van der Waals surface area contributed by atoms with Crippen LogP contribution in [0.4, 0.5) is 4.79 Å². The molecule has 0 aliphatic carbocycles. The number of hydrogen-bond acceptors (Lipinski definition) is 4. The van der Waals surface area contributed by atoms with Crippen LogP contribution < -0.4 is 5.32 Å². The molecular formula is C22H27NO4. The highest BCUT2D eigenvalue weighted by Crippen LogP contribution is 2.21. The molecule has 144 valence electrons. The summed E-state index contributed by atoms with van der Waals surface area (Å²) in [5.74, 6) is 0. The van der Waals surface area contributed by atoms with Crippen molar-refractivity contribution in [2.24, 2.45) is 0 Å². The Labute approximate surface area is 160 Å². The van der Waals surface area contributed by atoms with E-state index in [1.165, 1.54) is 0 Å². The number of rotatable bonds is 7. The fourth-order valence-electron chi connectivity index (χ4n) is 2.54. The first-order valence-corrected chi connectivity index (χ1v) is 8.95. The van der Waals surface area contributed by atoms with E-state index in [-0.39, 0.29) is 6.61 Å². The summed E-state index contributed by atoms with van der Waals surface area (Å²) in [5, 5.41) is 2.78. The van der Waals surface area contributed by atoms with Gasteiger partial charge in [-0.3, -0.25) is 0 Å². The molecule has 27 heavy (non-hydrogen) atoms. The van der Waals surface area contributed by atoms with Crippen LogP contribution in [0.25, 0.3) is 0 Å². The van der Waals surface area contributed by atoms with Gasteiger partial charge in [0.2, 0.25) is 0 Å². The van der Waals surface area contributed by atoms with E-state index >= 15 is 0 Å². The Kier molecular flexibility index (Phi) is 7.13. The van der Waals surface area contributed by atoms with E-state index in [0.717, 1.165) is 16.7 Å². The minimum atomic E-state index is -0.847. The summed E-state index contributed by atoms with van der Waals surface area (Å²) in [7, 11) is 0. The van der Waals surface area contributed by atoms with E-state index in [1.807, 2.05) is 61.5 Å². The number of nitrogens with one attached hydrogen (secondary N) is 1. The molecule has 0 aliphatic rings. The number of carbonyl (C=O) groups excluding carboxylic acids is 2. The monoisotopic (exact) mass is 369 g/mol. The predicted octanol–water partition coefficient (Wildman–Crippen LogP) is 4.35. The Hall–Kier alpha value is -2.66. The number of carbonyl (C=O) groups is 2. The van der Waals surface area contributed by atoms with Crippen LogP contribution in [-0.4, -0.2) is 24.1 Å². The summed E-state index contributed by atoms with van der Waals surface area (Å²) < 4.78 is 11.2. The highest BCUT2D eigenvalue weighted by molar-refractivity contribution is 5.70. The van der Waals surface area contributed by atoms with Crippen LogP contribution >= 0.6 is 0 Å². The quantitative estimate of drug-likeness (QED) is 0.737. The Morgan fingerprint density at radius 3 is 2.26 bits per heavy atom. The zero-order chi connectivity index (χ0) is 19.9. The van der Waals surface area contributed by atoms with E-state index in [9.17, 15) is 9.59 Å². The third-order valence-electron chi connectivity index (χ3n) is 3.86. The molecule has 1 amide bonds. The number of benzene rings is 2. The minimum Gasteiger partial charge on any atom is -0.444 e. The first-order valence-electron chi connectivity index (χ1n) is 8.95. The number of aldehydes is 1. The molecule has 1 N–H and O–H groups in total. The van der Waals surface area contributed by atoms with Crippen molar-refractivity contribution in [2.75, 3.05) is 0 Å². The summed E-state index contributed by atoms with van der Waals surface area (Å²) >= 11 is 0. The van der Waals surface area contributed by atoms with E-state index in [4.69, 9.17) is 9.47 Å². The molecule has 2 rings (SSSR count). The molecule has 2 aromatic rings. The molecule has 0 bridgehead atoms. The lowest BCUT2D eigenvalue weighted by Gasteiger charge is -2.27. The third-order valence-corrected chi connectivity index (χ3v) is 3.86. The average molecular weight is 369 g/mol. The largest absolute Gasteiger partial charge is 0.444 e. The molecule has 0 fully saturated rings. The Bertz CT molecular complexity index is 735. The van der Waals surface area contributed by atoms with Gasteiger partial charge >= 0.3 is 6.09 Å². The summed E-state index contributed by atoms with van der Waals surface area (Å²) in [4.78, 5) is 24.1. The standard InChI is InChI=1S/C22H27NO4/c1-16-10-12-18(13-11-16)20(23-21(25)27-22(2,3)4)19(14-24)26-15-17-8-6-5-7-9-17/h5-14,19-20H,15H2,1-4H3,(H,23,25)/t19-,20-/m0/s1. The fraction of sp³-hybridized carbons (Fsp3) is 0.364. The number of amides is 1. The van der Waals surface area contributed by atoms with Crippen LogP contribution in [0, 0.1) is 6.92 Å². The molecule has 0 heterocycles. The van der Waals surface area contributed by atoms with Gasteiger partial charge in [-0.05, 0) is 38.8 Å². The molecule has 0 unspecified atom stereocenters. The van der Waals surface area contributed by atoms with E-state index in [2.05, 4.69) is 5.32 Å². The van der Waals surface area contributed by atoms with Crippen LogP contribution in [-0.2, 0) is 20.9 Å². The third kappa shape index (κ3) is 6.87. The number of hydrogen-bond donors (Lipinski definition) is 1. The smallest absolute Gasteiger partial charge is 0.408 e. The normalized spacial score (nSPS) is 13.5. The number of alkyl carbamates (subject to hydrolysis) is 1. The van der Waals surface area contributed by atoms with Crippen molar-refractivity contribution in [3.8, 4) is 0 Å². The van der Waals surface area contributed by atoms with Gasteiger partial charge in [0.25, 0.3) is 0 Å². The van der Waals surface area contributed by atoms with Gasteiger partial charge in [-0.1, -0.05) is 60.2 Å². The van der Waals surface area contributed by atoms with Gasteiger partial charge in [0, 0.05) is 0 Å². The van der Waals surface area contributed by atoms with E-state index in [1.54, 1.807) is 20.8 Å². The van der Waals surface area contributed by atoms with Crippen molar-refractivity contribution in [3.05, 3.63) is 71.3 Å². The topological polar surface area (TPSA) is 64.6 Å². The van der Waals surface area contributed by atoms with Gasteiger partial charge in [0.05, 0.1) is 12.6 Å². The maximum absolute atomic E-state index is 12.3. The van der Waals surface area contributed by atoms with Gasteiger partial charge in [-0.15, -0.1) is 0 Å². The predicted molar refractivity (Wildman–Crippen MR) is 104 cm³/mol. The lowest BCUT2D eigenvalue weighted by atomic mass is 10.0. The maximum Gasteiger partial charge on any atom is 0.408 e. The molecule has 2 atom stereocenters. The molecule has 5 heteroatoms. The zero-order valence-corrected chi connectivity index (χ0v) is 16.3. The lowest BCUT2D eigenvalue weighted by Crippen LogP contribution is -2.41. The van der Waals surface area contributed by atoms with Crippen molar-refractivity contribution in [1.82, 2.24) is 5.32 Å². The van der Waals surface area contributed by atoms with Gasteiger partial charge in [0.15, 0.2) is 6.29 Å². The van der Waals surface area contributed by atoms with Crippen molar-refractivity contribution in [2.45, 2.75) is 52.0 Å². The first kappa shape index (κ1) is 20.6. The molecule has 0 aromatic heterocycles. The van der Waals surface area contributed by atoms with Crippen LogP contribution in [0.5, 0.6) is 0 Å². The van der Waals surface area contributed by atoms with Gasteiger partial charge in [0.1, 0.15) is 11.7 Å².